The van der Waals surface area contributed by atoms with Crippen molar-refractivity contribution in [3.63, 3.8) is 0 Å². The Morgan fingerprint density at radius 2 is 2.37 bits per heavy atom. The first-order chi connectivity index (χ1) is 9.13. The van der Waals surface area contributed by atoms with Gasteiger partial charge in [0.25, 0.3) is 5.91 Å². The largest absolute Gasteiger partial charge is 0.335 e. The zero-order valence-electron chi connectivity index (χ0n) is 10.5. The standard InChI is InChI=1S/C13H14ClN3OS/c1-17(7-9-4-5-12(14)19-9)13(18)11-6-10(15-16-11)8-2-3-8/h4-6,8H,2-3,7H2,1H3,(H,15,16). The average molecular weight is 296 g/mol. The number of nitrogens with one attached hydrogen (secondary N) is 1. The number of hydrogen-bond acceptors (Lipinski definition) is 3. The van der Waals surface area contributed by atoms with Gasteiger partial charge < -0.3 is 4.90 Å². The minimum atomic E-state index is -0.0623. The molecule has 1 N–H and O–H groups in total. The number of thiophene rings is 1. The van der Waals surface area contributed by atoms with Crippen LogP contribution >= 0.6 is 22.9 Å². The summed E-state index contributed by atoms with van der Waals surface area (Å²) in [4.78, 5) is 15.0. The molecular formula is C13H14ClN3OS. The molecule has 1 amide bonds. The number of carbonyl (C=O) groups excluding carboxylic acids is 1. The summed E-state index contributed by atoms with van der Waals surface area (Å²) in [5, 5.41) is 7.06. The van der Waals surface area contributed by atoms with Crippen LogP contribution in [0.4, 0.5) is 0 Å². The predicted molar refractivity (Wildman–Crippen MR) is 75.7 cm³/mol. The maximum atomic E-state index is 12.2. The Bertz CT molecular complexity index is 603. The summed E-state index contributed by atoms with van der Waals surface area (Å²) < 4.78 is 0.742. The van der Waals surface area contributed by atoms with E-state index in [-0.39, 0.29) is 5.91 Å². The second-order valence-corrected chi connectivity index (χ2v) is 6.65. The Morgan fingerprint density at radius 3 is 3.00 bits per heavy atom. The number of aromatic nitrogens is 2. The van der Waals surface area contributed by atoms with E-state index < -0.39 is 0 Å². The van der Waals surface area contributed by atoms with Crippen LogP contribution in [-0.4, -0.2) is 28.1 Å². The van der Waals surface area contributed by atoms with Crippen LogP contribution in [0, 0.1) is 0 Å². The molecule has 1 fully saturated rings. The summed E-state index contributed by atoms with van der Waals surface area (Å²) in [5.41, 5.74) is 1.57. The van der Waals surface area contributed by atoms with Crippen molar-refractivity contribution in [2.75, 3.05) is 7.05 Å². The van der Waals surface area contributed by atoms with Crippen LogP contribution in [0.2, 0.25) is 4.34 Å². The van der Waals surface area contributed by atoms with Crippen LogP contribution in [0.3, 0.4) is 0 Å². The van der Waals surface area contributed by atoms with Gasteiger partial charge in [0.2, 0.25) is 0 Å². The van der Waals surface area contributed by atoms with E-state index in [4.69, 9.17) is 11.6 Å². The lowest BCUT2D eigenvalue weighted by molar-refractivity contribution is 0.0780. The zero-order chi connectivity index (χ0) is 13.4. The third-order valence-electron chi connectivity index (χ3n) is 3.20. The lowest BCUT2D eigenvalue weighted by atomic mass is 10.2. The lowest BCUT2D eigenvalue weighted by Crippen LogP contribution is -2.26. The Labute approximate surface area is 120 Å². The maximum absolute atomic E-state index is 12.2. The van der Waals surface area contributed by atoms with Crippen molar-refractivity contribution < 1.29 is 4.79 Å². The van der Waals surface area contributed by atoms with E-state index in [0.29, 0.717) is 18.2 Å². The Balaban J connectivity index is 1.67. The molecule has 4 nitrogen and oxygen atoms in total. The number of halogens is 1. The molecule has 100 valence electrons. The van der Waals surface area contributed by atoms with Crippen LogP contribution < -0.4 is 0 Å². The number of rotatable bonds is 4. The molecule has 6 heteroatoms. The fraction of sp³-hybridized carbons (Fsp3) is 0.385. The fourth-order valence-electron chi connectivity index (χ4n) is 1.99. The van der Waals surface area contributed by atoms with Gasteiger partial charge in [0.15, 0.2) is 0 Å². The van der Waals surface area contributed by atoms with Crippen molar-refractivity contribution >= 4 is 28.8 Å². The summed E-state index contributed by atoms with van der Waals surface area (Å²) in [5.74, 6) is 0.517. The molecule has 19 heavy (non-hydrogen) atoms. The van der Waals surface area contributed by atoms with E-state index in [0.717, 1.165) is 14.9 Å². The molecule has 0 spiro atoms. The fourth-order valence-corrected chi connectivity index (χ4v) is 3.13. The minimum Gasteiger partial charge on any atom is -0.335 e. The van der Waals surface area contributed by atoms with Crippen molar-refractivity contribution in [2.24, 2.45) is 0 Å². The molecule has 0 bridgehead atoms. The highest BCUT2D eigenvalue weighted by molar-refractivity contribution is 7.16. The minimum absolute atomic E-state index is 0.0623. The van der Waals surface area contributed by atoms with Crippen molar-refractivity contribution in [2.45, 2.75) is 25.3 Å². The van der Waals surface area contributed by atoms with Gasteiger partial charge in [-0.1, -0.05) is 11.6 Å². The van der Waals surface area contributed by atoms with Crippen LogP contribution in [0.5, 0.6) is 0 Å². The Morgan fingerprint density at radius 1 is 1.58 bits per heavy atom. The van der Waals surface area contributed by atoms with Gasteiger partial charge >= 0.3 is 0 Å². The molecule has 0 aromatic carbocycles. The highest BCUT2D eigenvalue weighted by atomic mass is 35.5. The van der Waals surface area contributed by atoms with Crippen molar-refractivity contribution in [1.82, 2.24) is 15.1 Å². The van der Waals surface area contributed by atoms with Gasteiger partial charge in [0.1, 0.15) is 5.69 Å². The van der Waals surface area contributed by atoms with Crippen molar-refractivity contribution in [3.05, 3.63) is 38.8 Å². The van der Waals surface area contributed by atoms with E-state index in [9.17, 15) is 4.79 Å². The van der Waals surface area contributed by atoms with E-state index in [2.05, 4.69) is 10.2 Å². The first-order valence-electron chi connectivity index (χ1n) is 6.18. The van der Waals surface area contributed by atoms with Gasteiger partial charge in [-0.15, -0.1) is 11.3 Å². The maximum Gasteiger partial charge on any atom is 0.274 e. The normalized spacial score (nSPS) is 14.6. The summed E-state index contributed by atoms with van der Waals surface area (Å²) in [6.45, 7) is 0.557. The van der Waals surface area contributed by atoms with Gasteiger partial charge in [0.05, 0.1) is 10.9 Å². The number of amides is 1. The molecular weight excluding hydrogens is 282 g/mol. The van der Waals surface area contributed by atoms with E-state index in [1.54, 1.807) is 11.9 Å². The molecule has 2 aromatic heterocycles. The molecule has 3 rings (SSSR count). The SMILES string of the molecule is CN(Cc1ccc(Cl)s1)C(=O)c1cc(C2CC2)[nH]n1. The summed E-state index contributed by atoms with van der Waals surface area (Å²) in [7, 11) is 1.78. The topological polar surface area (TPSA) is 49.0 Å². The Hall–Kier alpha value is -1.33. The second-order valence-electron chi connectivity index (χ2n) is 4.85. The van der Waals surface area contributed by atoms with Gasteiger partial charge in [0, 0.05) is 23.5 Å². The zero-order valence-corrected chi connectivity index (χ0v) is 12.1. The van der Waals surface area contributed by atoms with Gasteiger partial charge in [-0.25, -0.2) is 0 Å². The quantitative estimate of drug-likeness (QED) is 0.941. The van der Waals surface area contributed by atoms with E-state index in [1.165, 1.54) is 24.2 Å². The third kappa shape index (κ3) is 2.82. The number of hydrogen-bond donors (Lipinski definition) is 1. The molecule has 0 aliphatic heterocycles. The van der Waals surface area contributed by atoms with Gasteiger partial charge in [-0.05, 0) is 31.0 Å². The molecule has 2 heterocycles. The molecule has 0 saturated heterocycles. The summed E-state index contributed by atoms with van der Waals surface area (Å²) in [6, 6.07) is 5.66. The average Bonchev–Trinajstić information content (AvgIpc) is 2.98. The summed E-state index contributed by atoms with van der Waals surface area (Å²) in [6.07, 6.45) is 2.39. The number of nitrogens with zero attached hydrogens (tertiary/aromatic N) is 2. The number of aromatic amines is 1. The molecule has 2 aromatic rings. The van der Waals surface area contributed by atoms with Crippen LogP contribution in [-0.2, 0) is 6.54 Å². The van der Waals surface area contributed by atoms with Crippen LogP contribution in [0.25, 0.3) is 0 Å². The second kappa shape index (κ2) is 4.98. The first kappa shape index (κ1) is 12.7. The third-order valence-corrected chi connectivity index (χ3v) is 4.42. The number of carbonyl (C=O) groups is 1. The highest BCUT2D eigenvalue weighted by Gasteiger charge is 2.27. The predicted octanol–water partition coefficient (Wildman–Crippen LogP) is 3.27. The first-order valence-corrected chi connectivity index (χ1v) is 7.38. The molecule has 1 saturated carbocycles. The number of H-pyrrole nitrogens is 1. The van der Waals surface area contributed by atoms with Crippen molar-refractivity contribution in [1.29, 1.82) is 0 Å². The summed E-state index contributed by atoms with van der Waals surface area (Å²) >= 11 is 7.38. The van der Waals surface area contributed by atoms with E-state index >= 15 is 0 Å². The van der Waals surface area contributed by atoms with Gasteiger partial charge in [-0.3, -0.25) is 9.89 Å². The van der Waals surface area contributed by atoms with Gasteiger partial charge in [-0.2, -0.15) is 5.10 Å². The molecule has 1 aliphatic rings. The monoisotopic (exact) mass is 295 g/mol. The van der Waals surface area contributed by atoms with E-state index in [1.807, 2.05) is 18.2 Å². The molecule has 0 radical (unpaired) electrons. The van der Waals surface area contributed by atoms with Crippen molar-refractivity contribution in [3.8, 4) is 0 Å². The molecule has 0 unspecified atom stereocenters. The molecule has 1 aliphatic carbocycles. The molecule has 0 atom stereocenters. The van der Waals surface area contributed by atoms with Crippen LogP contribution in [0.15, 0.2) is 18.2 Å². The lowest BCUT2D eigenvalue weighted by Gasteiger charge is -2.14. The smallest absolute Gasteiger partial charge is 0.274 e. The van der Waals surface area contributed by atoms with Crippen LogP contribution in [0.1, 0.15) is 39.8 Å². The Kier molecular flexibility index (Phi) is 3.33. The highest BCUT2D eigenvalue weighted by Crippen LogP contribution is 2.39.